The summed E-state index contributed by atoms with van der Waals surface area (Å²) in [5, 5.41) is 19.1. The number of anilines is 1. The molecule has 1 atom stereocenters. The molecular formula is C15H18N6O. The van der Waals surface area contributed by atoms with E-state index in [0.29, 0.717) is 12.5 Å². The van der Waals surface area contributed by atoms with Crippen molar-refractivity contribution >= 4 is 5.95 Å². The molecule has 0 unspecified atom stereocenters. The van der Waals surface area contributed by atoms with E-state index in [1.54, 1.807) is 4.68 Å². The summed E-state index contributed by atoms with van der Waals surface area (Å²) in [6.45, 7) is 6.70. The summed E-state index contributed by atoms with van der Waals surface area (Å²) in [5.41, 5.74) is 2.97. The minimum atomic E-state index is 0.243. The maximum Gasteiger partial charge on any atom is 0.247 e. The van der Waals surface area contributed by atoms with Gasteiger partial charge in [0.1, 0.15) is 5.76 Å². The Morgan fingerprint density at radius 2 is 2.00 bits per heavy atom. The first-order valence-electron chi connectivity index (χ1n) is 7.17. The van der Waals surface area contributed by atoms with E-state index in [0.717, 1.165) is 22.7 Å². The first kappa shape index (κ1) is 14.2. The average Bonchev–Trinajstić information content (AvgIpc) is 3.12. The second kappa shape index (κ2) is 5.97. The van der Waals surface area contributed by atoms with E-state index >= 15 is 0 Å². The highest BCUT2D eigenvalue weighted by molar-refractivity contribution is 5.39. The van der Waals surface area contributed by atoms with E-state index in [9.17, 15) is 0 Å². The fraction of sp³-hybridized carbons (Fsp3) is 0.333. The lowest BCUT2D eigenvalue weighted by Gasteiger charge is -2.13. The SMILES string of the molecule is Cc1noc(C)c1[C@H](C)CNc1nnnn1-c1ccccc1. The lowest BCUT2D eigenvalue weighted by Crippen LogP contribution is -2.14. The molecule has 2 aromatic heterocycles. The molecule has 0 aliphatic carbocycles. The first-order valence-corrected chi connectivity index (χ1v) is 7.17. The van der Waals surface area contributed by atoms with Crippen LogP contribution >= 0.6 is 0 Å². The van der Waals surface area contributed by atoms with Crippen LogP contribution in [0.3, 0.4) is 0 Å². The van der Waals surface area contributed by atoms with Gasteiger partial charge in [0.15, 0.2) is 0 Å². The van der Waals surface area contributed by atoms with Crippen molar-refractivity contribution in [1.82, 2.24) is 25.4 Å². The van der Waals surface area contributed by atoms with E-state index in [1.165, 1.54) is 0 Å². The molecule has 2 heterocycles. The molecule has 0 spiro atoms. The molecule has 114 valence electrons. The Morgan fingerprint density at radius 3 is 2.68 bits per heavy atom. The Bertz CT molecular complexity index is 729. The maximum absolute atomic E-state index is 5.22. The number of aromatic nitrogens is 5. The number of rotatable bonds is 5. The van der Waals surface area contributed by atoms with Crippen LogP contribution in [0.5, 0.6) is 0 Å². The Morgan fingerprint density at radius 1 is 1.23 bits per heavy atom. The van der Waals surface area contributed by atoms with Crippen LogP contribution in [0.25, 0.3) is 5.69 Å². The molecule has 0 amide bonds. The van der Waals surface area contributed by atoms with Crippen LogP contribution in [0.15, 0.2) is 34.9 Å². The van der Waals surface area contributed by atoms with E-state index in [1.807, 2.05) is 44.2 Å². The van der Waals surface area contributed by atoms with Crippen LogP contribution in [0.2, 0.25) is 0 Å². The van der Waals surface area contributed by atoms with Gasteiger partial charge in [-0.25, -0.2) is 0 Å². The highest BCUT2D eigenvalue weighted by atomic mass is 16.5. The smallest absolute Gasteiger partial charge is 0.247 e. The number of hydrogen-bond acceptors (Lipinski definition) is 6. The van der Waals surface area contributed by atoms with Crippen LogP contribution in [-0.2, 0) is 0 Å². The van der Waals surface area contributed by atoms with Gasteiger partial charge >= 0.3 is 0 Å². The van der Waals surface area contributed by atoms with Crippen LogP contribution in [-0.4, -0.2) is 31.9 Å². The van der Waals surface area contributed by atoms with Gasteiger partial charge in [0, 0.05) is 18.0 Å². The van der Waals surface area contributed by atoms with Gasteiger partial charge in [0.2, 0.25) is 5.95 Å². The molecule has 0 aliphatic rings. The predicted octanol–water partition coefficient (Wildman–Crippen LogP) is 2.48. The molecule has 7 nitrogen and oxygen atoms in total. The van der Waals surface area contributed by atoms with Crippen molar-refractivity contribution in [2.75, 3.05) is 11.9 Å². The fourth-order valence-electron chi connectivity index (χ4n) is 2.58. The van der Waals surface area contributed by atoms with Crippen LogP contribution in [0.4, 0.5) is 5.95 Å². The maximum atomic E-state index is 5.22. The van der Waals surface area contributed by atoms with Gasteiger partial charge in [-0.1, -0.05) is 35.4 Å². The number of hydrogen-bond donors (Lipinski definition) is 1. The van der Waals surface area contributed by atoms with Crippen molar-refractivity contribution < 1.29 is 4.52 Å². The monoisotopic (exact) mass is 298 g/mol. The molecule has 0 fully saturated rings. The third-order valence-electron chi connectivity index (χ3n) is 3.62. The summed E-state index contributed by atoms with van der Waals surface area (Å²) in [7, 11) is 0. The van der Waals surface area contributed by atoms with Crippen LogP contribution < -0.4 is 5.32 Å². The minimum absolute atomic E-state index is 0.243. The highest BCUT2D eigenvalue weighted by Crippen LogP contribution is 2.23. The number of nitrogens with one attached hydrogen (secondary N) is 1. The van der Waals surface area contributed by atoms with Crippen molar-refractivity contribution in [2.45, 2.75) is 26.7 Å². The molecule has 0 saturated carbocycles. The van der Waals surface area contributed by atoms with Crippen LogP contribution in [0.1, 0.15) is 29.9 Å². The van der Waals surface area contributed by atoms with Crippen molar-refractivity contribution in [3.63, 3.8) is 0 Å². The molecular weight excluding hydrogens is 280 g/mol. The van der Waals surface area contributed by atoms with E-state index in [4.69, 9.17) is 4.52 Å². The van der Waals surface area contributed by atoms with Gasteiger partial charge in [0.05, 0.1) is 11.4 Å². The summed E-state index contributed by atoms with van der Waals surface area (Å²) in [4.78, 5) is 0. The molecule has 7 heteroatoms. The largest absolute Gasteiger partial charge is 0.361 e. The molecule has 0 saturated heterocycles. The van der Waals surface area contributed by atoms with Crippen molar-refractivity contribution in [3.8, 4) is 5.69 Å². The normalized spacial score (nSPS) is 12.3. The molecule has 1 N–H and O–H groups in total. The van der Waals surface area contributed by atoms with Gasteiger partial charge in [-0.15, -0.1) is 0 Å². The molecule has 1 aromatic carbocycles. The van der Waals surface area contributed by atoms with Gasteiger partial charge in [-0.2, -0.15) is 4.68 Å². The lowest BCUT2D eigenvalue weighted by molar-refractivity contribution is 0.391. The molecule has 3 aromatic rings. The molecule has 3 rings (SSSR count). The summed E-state index contributed by atoms with van der Waals surface area (Å²) in [5.74, 6) is 1.71. The minimum Gasteiger partial charge on any atom is -0.361 e. The Balaban J connectivity index is 1.74. The van der Waals surface area contributed by atoms with E-state index in [-0.39, 0.29) is 5.92 Å². The van der Waals surface area contributed by atoms with Crippen molar-refractivity contribution in [3.05, 3.63) is 47.3 Å². The van der Waals surface area contributed by atoms with Crippen LogP contribution in [0, 0.1) is 13.8 Å². The number of nitrogens with zero attached hydrogens (tertiary/aromatic N) is 5. The first-order chi connectivity index (χ1) is 10.7. The van der Waals surface area contributed by atoms with Gasteiger partial charge < -0.3 is 9.84 Å². The molecule has 0 aliphatic heterocycles. The highest BCUT2D eigenvalue weighted by Gasteiger charge is 2.17. The zero-order valence-corrected chi connectivity index (χ0v) is 12.8. The average molecular weight is 298 g/mol. The topological polar surface area (TPSA) is 81.7 Å². The fourth-order valence-corrected chi connectivity index (χ4v) is 2.58. The van der Waals surface area contributed by atoms with Gasteiger partial charge in [0.25, 0.3) is 0 Å². The Labute approximate surface area is 128 Å². The number of aryl methyl sites for hydroxylation is 2. The molecule has 22 heavy (non-hydrogen) atoms. The molecule has 0 bridgehead atoms. The van der Waals surface area contributed by atoms with Crippen molar-refractivity contribution in [2.24, 2.45) is 0 Å². The quantitative estimate of drug-likeness (QED) is 0.779. The van der Waals surface area contributed by atoms with E-state index in [2.05, 4.69) is 32.9 Å². The zero-order chi connectivity index (χ0) is 15.5. The van der Waals surface area contributed by atoms with E-state index < -0.39 is 0 Å². The summed E-state index contributed by atoms with van der Waals surface area (Å²) >= 11 is 0. The number of tetrazole rings is 1. The third kappa shape index (κ3) is 2.69. The number of para-hydroxylation sites is 1. The van der Waals surface area contributed by atoms with Gasteiger partial charge in [-0.05, 0) is 36.4 Å². The summed E-state index contributed by atoms with van der Waals surface area (Å²) < 4.78 is 6.90. The summed E-state index contributed by atoms with van der Waals surface area (Å²) in [6, 6.07) is 9.78. The second-order valence-corrected chi connectivity index (χ2v) is 5.27. The lowest BCUT2D eigenvalue weighted by atomic mass is 10.00. The second-order valence-electron chi connectivity index (χ2n) is 5.27. The predicted molar refractivity (Wildman–Crippen MR) is 82.0 cm³/mol. The Kier molecular flexibility index (Phi) is 3.86. The summed E-state index contributed by atoms with van der Waals surface area (Å²) in [6.07, 6.45) is 0. The standard InChI is InChI=1S/C15H18N6O/c1-10(14-11(2)18-22-12(14)3)9-16-15-17-19-20-21(15)13-7-5-4-6-8-13/h4-8,10H,9H2,1-3H3,(H,16,17,20)/t10-/m1/s1. The van der Waals surface area contributed by atoms with Crippen molar-refractivity contribution in [1.29, 1.82) is 0 Å². The third-order valence-corrected chi connectivity index (χ3v) is 3.62. The Hall–Kier alpha value is -2.70. The molecule has 0 radical (unpaired) electrons. The zero-order valence-electron chi connectivity index (χ0n) is 12.8. The van der Waals surface area contributed by atoms with Gasteiger partial charge in [-0.3, -0.25) is 0 Å². The number of benzene rings is 1.